The molecule has 0 aliphatic carbocycles. The predicted octanol–water partition coefficient (Wildman–Crippen LogP) is -3.05. The van der Waals surface area contributed by atoms with E-state index >= 15 is 0 Å². The van der Waals surface area contributed by atoms with Gasteiger partial charge in [0.05, 0.1) is 0 Å². The van der Waals surface area contributed by atoms with Crippen LogP contribution in [0.4, 0.5) is 0 Å². The zero-order chi connectivity index (χ0) is 7.40. The van der Waals surface area contributed by atoms with Gasteiger partial charge in [-0.25, -0.2) is 10.9 Å². The van der Waals surface area contributed by atoms with Crippen molar-refractivity contribution in [2.24, 2.45) is 21.9 Å². The first kappa shape index (κ1) is 6.58. The summed E-state index contributed by atoms with van der Waals surface area (Å²) < 4.78 is 0. The molecule has 56 valence electrons. The van der Waals surface area contributed by atoms with Crippen molar-refractivity contribution in [1.82, 2.24) is 21.5 Å². The molecule has 0 aromatic rings. The fourth-order valence-corrected chi connectivity index (χ4v) is 0.439. The van der Waals surface area contributed by atoms with Gasteiger partial charge < -0.3 is 5.84 Å². The third-order valence-electron chi connectivity index (χ3n) is 0.838. The first-order chi connectivity index (χ1) is 4.86. The largest absolute Gasteiger partial charge is 0.320 e. The lowest BCUT2D eigenvalue weighted by Crippen LogP contribution is -2.58. The summed E-state index contributed by atoms with van der Waals surface area (Å²) in [5.74, 6) is 10.2. The average Bonchev–Trinajstić information content (AvgIpc) is 2.05. The standard InChI is InChI=1S/C2H8N8/c3-6-2-7-5-1-10(8-2)9-4/h1,9H,3-4H2,(H2,6,7,8). The van der Waals surface area contributed by atoms with Gasteiger partial charge >= 0.3 is 0 Å². The van der Waals surface area contributed by atoms with Crippen molar-refractivity contribution >= 4 is 12.3 Å². The average molecular weight is 144 g/mol. The van der Waals surface area contributed by atoms with Crippen LogP contribution in [-0.4, -0.2) is 17.4 Å². The molecule has 0 saturated carbocycles. The fourth-order valence-electron chi connectivity index (χ4n) is 0.439. The van der Waals surface area contributed by atoms with Gasteiger partial charge in [0.1, 0.15) is 6.34 Å². The van der Waals surface area contributed by atoms with Crippen LogP contribution in [0, 0.1) is 0 Å². The molecule has 1 aliphatic rings. The fraction of sp³-hybridized carbons (Fsp3) is 0. The second-order valence-electron chi connectivity index (χ2n) is 1.44. The molecule has 0 radical (unpaired) electrons. The number of guanidine groups is 1. The zero-order valence-corrected chi connectivity index (χ0v) is 5.07. The number of nitrogens with one attached hydrogen (secondary N) is 3. The molecule has 10 heavy (non-hydrogen) atoms. The molecule has 0 fully saturated rings. The Morgan fingerprint density at radius 1 is 1.80 bits per heavy atom. The maximum Gasteiger partial charge on any atom is 0.254 e. The van der Waals surface area contributed by atoms with E-state index < -0.39 is 0 Å². The summed E-state index contributed by atoms with van der Waals surface area (Å²) >= 11 is 0. The molecule has 0 unspecified atom stereocenters. The summed E-state index contributed by atoms with van der Waals surface area (Å²) in [6.45, 7) is 0. The maximum atomic E-state index is 5.02. The van der Waals surface area contributed by atoms with Gasteiger partial charge in [0.25, 0.3) is 5.96 Å². The van der Waals surface area contributed by atoms with E-state index in [1.54, 1.807) is 0 Å². The van der Waals surface area contributed by atoms with E-state index in [2.05, 4.69) is 26.6 Å². The number of nitrogens with two attached hydrogens (primary N) is 2. The van der Waals surface area contributed by atoms with E-state index in [0.29, 0.717) is 5.96 Å². The number of hydrazine groups is 3. The Hall–Kier alpha value is -1.54. The topological polar surface area (TPSA) is 116 Å². The molecular formula is C2H8N8. The lowest BCUT2D eigenvalue weighted by molar-refractivity contribution is 0.271. The quantitative estimate of drug-likeness (QED) is 0.197. The molecule has 1 heterocycles. The number of hydrazone groups is 2. The van der Waals surface area contributed by atoms with Gasteiger partial charge in [-0.3, -0.25) is 5.84 Å². The van der Waals surface area contributed by atoms with E-state index in [1.807, 2.05) is 0 Å². The Kier molecular flexibility index (Phi) is 1.87. The molecule has 0 aromatic heterocycles. The summed E-state index contributed by atoms with van der Waals surface area (Å²) in [6, 6.07) is 0. The minimum Gasteiger partial charge on any atom is -0.320 e. The molecule has 7 N–H and O–H groups in total. The molecule has 1 aliphatic heterocycles. The van der Waals surface area contributed by atoms with Crippen LogP contribution in [0.5, 0.6) is 0 Å². The van der Waals surface area contributed by atoms with Crippen molar-refractivity contribution in [2.45, 2.75) is 0 Å². The predicted molar refractivity (Wildman–Crippen MR) is 35.5 cm³/mol. The molecule has 1 rings (SSSR count). The van der Waals surface area contributed by atoms with Crippen molar-refractivity contribution in [3.8, 4) is 0 Å². The summed E-state index contributed by atoms with van der Waals surface area (Å²) in [7, 11) is 0. The van der Waals surface area contributed by atoms with Crippen LogP contribution in [0.1, 0.15) is 0 Å². The normalized spacial score (nSPS) is 20.5. The van der Waals surface area contributed by atoms with Crippen molar-refractivity contribution in [1.29, 1.82) is 0 Å². The van der Waals surface area contributed by atoms with Crippen LogP contribution < -0.4 is 28.1 Å². The third kappa shape index (κ3) is 1.24. The van der Waals surface area contributed by atoms with Gasteiger partial charge in [0.15, 0.2) is 0 Å². The van der Waals surface area contributed by atoms with Crippen LogP contribution >= 0.6 is 0 Å². The Labute approximate surface area is 56.8 Å². The Bertz CT molecular complexity index is 159. The van der Waals surface area contributed by atoms with Gasteiger partial charge in [-0.05, 0) is 0 Å². The second-order valence-corrected chi connectivity index (χ2v) is 1.44. The monoisotopic (exact) mass is 144 g/mol. The van der Waals surface area contributed by atoms with Gasteiger partial charge in [-0.15, -0.1) is 5.10 Å². The van der Waals surface area contributed by atoms with E-state index in [0.717, 1.165) is 0 Å². The second kappa shape index (κ2) is 2.85. The van der Waals surface area contributed by atoms with Gasteiger partial charge in [0.2, 0.25) is 0 Å². The molecule has 0 amide bonds. The van der Waals surface area contributed by atoms with Crippen molar-refractivity contribution < 1.29 is 0 Å². The lowest BCUT2D eigenvalue weighted by Gasteiger charge is -2.22. The lowest BCUT2D eigenvalue weighted by atomic mass is 11.0. The summed E-state index contributed by atoms with van der Waals surface area (Å²) in [6.07, 6.45) is 1.38. The summed E-state index contributed by atoms with van der Waals surface area (Å²) in [4.78, 5) is 0. The molecule has 0 atom stereocenters. The molecule has 0 saturated heterocycles. The van der Waals surface area contributed by atoms with Crippen LogP contribution in [-0.2, 0) is 0 Å². The Balaban J connectivity index is 2.54. The van der Waals surface area contributed by atoms with Gasteiger partial charge in [-0.2, -0.15) is 15.8 Å². The van der Waals surface area contributed by atoms with Crippen LogP contribution in [0.25, 0.3) is 0 Å². The van der Waals surface area contributed by atoms with Crippen LogP contribution in [0.15, 0.2) is 10.2 Å². The minimum atomic E-state index is 0.306. The molecular weight excluding hydrogens is 136 g/mol. The Morgan fingerprint density at radius 2 is 2.60 bits per heavy atom. The molecule has 0 spiro atoms. The van der Waals surface area contributed by atoms with Crippen molar-refractivity contribution in [2.75, 3.05) is 0 Å². The van der Waals surface area contributed by atoms with E-state index in [1.165, 1.54) is 11.5 Å². The number of hydrogen-bond donors (Lipinski definition) is 5. The molecule has 8 nitrogen and oxygen atoms in total. The SMILES string of the molecule is N/N=C1\NN=CN(NN)N1. The highest BCUT2D eigenvalue weighted by atomic mass is 15.8. The highest BCUT2D eigenvalue weighted by Crippen LogP contribution is 1.74. The maximum absolute atomic E-state index is 5.02. The number of hydrogen-bond acceptors (Lipinski definition) is 6. The van der Waals surface area contributed by atoms with Gasteiger partial charge in [0, 0.05) is 0 Å². The van der Waals surface area contributed by atoms with Crippen LogP contribution in [0.2, 0.25) is 0 Å². The molecule has 8 heteroatoms. The highest BCUT2D eigenvalue weighted by Gasteiger charge is 2.04. The van der Waals surface area contributed by atoms with Crippen molar-refractivity contribution in [3.05, 3.63) is 0 Å². The summed E-state index contributed by atoms with van der Waals surface area (Å²) in [5.41, 5.74) is 7.36. The smallest absolute Gasteiger partial charge is 0.254 e. The zero-order valence-electron chi connectivity index (χ0n) is 5.07. The minimum absolute atomic E-state index is 0.306. The molecule has 0 aromatic carbocycles. The number of rotatable bonds is 1. The van der Waals surface area contributed by atoms with Crippen molar-refractivity contribution in [3.63, 3.8) is 0 Å². The first-order valence-corrected chi connectivity index (χ1v) is 2.46. The van der Waals surface area contributed by atoms with E-state index in [9.17, 15) is 0 Å². The third-order valence-corrected chi connectivity index (χ3v) is 0.838. The van der Waals surface area contributed by atoms with Crippen LogP contribution in [0.3, 0.4) is 0 Å². The first-order valence-electron chi connectivity index (χ1n) is 2.46. The molecule has 0 bridgehead atoms. The summed E-state index contributed by atoms with van der Waals surface area (Å²) in [5, 5.41) is 8.19. The highest BCUT2D eigenvalue weighted by molar-refractivity contribution is 5.82. The van der Waals surface area contributed by atoms with E-state index in [4.69, 9.17) is 11.7 Å². The Morgan fingerprint density at radius 3 is 3.20 bits per heavy atom. The number of nitrogens with zero attached hydrogens (tertiary/aromatic N) is 3. The van der Waals surface area contributed by atoms with E-state index in [-0.39, 0.29) is 0 Å². The van der Waals surface area contributed by atoms with Gasteiger partial charge in [-0.1, -0.05) is 0 Å².